The molecule has 0 amide bonds. The summed E-state index contributed by atoms with van der Waals surface area (Å²) in [7, 11) is 0. The van der Waals surface area contributed by atoms with Crippen LogP contribution in [0, 0.1) is 21.8 Å². The zero-order valence-electron chi connectivity index (χ0n) is 9.88. The molecule has 0 radical (unpaired) electrons. The van der Waals surface area contributed by atoms with E-state index in [1.54, 1.807) is 13.8 Å². The molecule has 6 nitrogen and oxygen atoms in total. The maximum atomic E-state index is 13.3. The van der Waals surface area contributed by atoms with Crippen LogP contribution in [0.15, 0.2) is 18.2 Å². The predicted octanol–water partition coefficient (Wildman–Crippen LogP) is 2.26. The van der Waals surface area contributed by atoms with Gasteiger partial charge < -0.3 is 10.4 Å². The molecule has 18 heavy (non-hydrogen) atoms. The molecule has 2 N–H and O–H groups in total. The van der Waals surface area contributed by atoms with Gasteiger partial charge in [0.2, 0.25) is 5.82 Å². The lowest BCUT2D eigenvalue weighted by atomic mass is 10.0. The topological polar surface area (TPSA) is 92.5 Å². The number of nitro benzene ring substituents is 1. The van der Waals surface area contributed by atoms with E-state index in [4.69, 9.17) is 5.11 Å². The van der Waals surface area contributed by atoms with Crippen molar-refractivity contribution in [2.45, 2.75) is 19.9 Å². The molecule has 1 aromatic carbocycles. The standard InChI is InChI=1S/C11H13FN2O4/c1-6(2)9(11(15)16)13-8-5-3-4-7(12)10(8)14(17)18/h3-6,9,13H,1-2H3,(H,15,16). The second kappa shape index (κ2) is 5.44. The average Bonchev–Trinajstić information content (AvgIpc) is 2.24. The van der Waals surface area contributed by atoms with Gasteiger partial charge in [-0.2, -0.15) is 4.39 Å². The molecule has 0 aliphatic heterocycles. The van der Waals surface area contributed by atoms with Crippen LogP contribution < -0.4 is 5.32 Å². The number of nitrogens with one attached hydrogen (secondary N) is 1. The summed E-state index contributed by atoms with van der Waals surface area (Å²) in [6.07, 6.45) is 0. The minimum Gasteiger partial charge on any atom is -0.480 e. The first kappa shape index (κ1) is 13.9. The van der Waals surface area contributed by atoms with Crippen LogP contribution in [0.3, 0.4) is 0 Å². The van der Waals surface area contributed by atoms with Crippen molar-refractivity contribution in [2.24, 2.45) is 5.92 Å². The molecule has 0 aromatic heterocycles. The van der Waals surface area contributed by atoms with Crippen LogP contribution in [0.5, 0.6) is 0 Å². The third-order valence-corrected chi connectivity index (χ3v) is 2.41. The van der Waals surface area contributed by atoms with Crippen molar-refractivity contribution in [3.05, 3.63) is 34.1 Å². The second-order valence-corrected chi connectivity index (χ2v) is 4.10. The largest absolute Gasteiger partial charge is 0.480 e. The van der Waals surface area contributed by atoms with Gasteiger partial charge in [0, 0.05) is 0 Å². The van der Waals surface area contributed by atoms with Gasteiger partial charge in [0.25, 0.3) is 0 Å². The maximum Gasteiger partial charge on any atom is 0.327 e. The molecule has 0 aliphatic rings. The van der Waals surface area contributed by atoms with Crippen LogP contribution in [0.4, 0.5) is 15.8 Å². The Hall–Kier alpha value is -2.18. The Bertz CT molecular complexity index is 476. The molecular formula is C11H13FN2O4. The third kappa shape index (κ3) is 2.93. The summed E-state index contributed by atoms with van der Waals surface area (Å²) < 4.78 is 13.3. The van der Waals surface area contributed by atoms with Crippen molar-refractivity contribution in [3.63, 3.8) is 0 Å². The number of carbonyl (C=O) groups is 1. The fourth-order valence-electron chi connectivity index (χ4n) is 1.50. The number of carboxylic acid groups (broad SMARTS) is 1. The van der Waals surface area contributed by atoms with Gasteiger partial charge in [0.1, 0.15) is 11.7 Å². The Morgan fingerprint density at radius 3 is 2.56 bits per heavy atom. The zero-order valence-corrected chi connectivity index (χ0v) is 9.88. The number of benzene rings is 1. The Morgan fingerprint density at radius 2 is 2.11 bits per heavy atom. The van der Waals surface area contributed by atoms with Crippen LogP contribution in [-0.4, -0.2) is 22.0 Å². The van der Waals surface area contributed by atoms with Gasteiger partial charge in [-0.05, 0) is 18.1 Å². The molecule has 98 valence electrons. The molecule has 7 heteroatoms. The maximum absolute atomic E-state index is 13.3. The van der Waals surface area contributed by atoms with Crippen molar-refractivity contribution in [3.8, 4) is 0 Å². The number of para-hydroxylation sites is 1. The number of nitrogens with zero attached hydrogens (tertiary/aromatic N) is 1. The van der Waals surface area contributed by atoms with Crippen molar-refractivity contribution in [1.29, 1.82) is 0 Å². The SMILES string of the molecule is CC(C)C(Nc1cccc(F)c1[N+](=O)[O-])C(=O)O. The number of nitro groups is 1. The lowest BCUT2D eigenvalue weighted by Gasteiger charge is -2.19. The Balaban J connectivity index is 3.14. The van der Waals surface area contributed by atoms with E-state index in [0.717, 1.165) is 6.07 Å². The summed E-state index contributed by atoms with van der Waals surface area (Å²) in [5, 5.41) is 22.2. The highest BCUT2D eigenvalue weighted by atomic mass is 19.1. The highest BCUT2D eigenvalue weighted by Crippen LogP contribution is 2.28. The van der Waals surface area contributed by atoms with Crippen LogP contribution in [0.2, 0.25) is 0 Å². The van der Waals surface area contributed by atoms with E-state index in [1.165, 1.54) is 12.1 Å². The van der Waals surface area contributed by atoms with Gasteiger partial charge in [0.05, 0.1) is 4.92 Å². The predicted molar refractivity (Wildman–Crippen MR) is 62.9 cm³/mol. The van der Waals surface area contributed by atoms with Gasteiger partial charge in [-0.15, -0.1) is 0 Å². The molecule has 0 spiro atoms. The van der Waals surface area contributed by atoms with E-state index in [2.05, 4.69) is 5.32 Å². The first-order valence-electron chi connectivity index (χ1n) is 5.26. The molecule has 1 aromatic rings. The van der Waals surface area contributed by atoms with Crippen LogP contribution >= 0.6 is 0 Å². The van der Waals surface area contributed by atoms with Gasteiger partial charge in [0.15, 0.2) is 0 Å². The van der Waals surface area contributed by atoms with Crippen molar-refractivity contribution < 1.29 is 19.2 Å². The summed E-state index contributed by atoms with van der Waals surface area (Å²) in [5.74, 6) is -2.45. The molecule has 0 saturated carbocycles. The first-order chi connectivity index (χ1) is 8.34. The number of hydrogen-bond acceptors (Lipinski definition) is 4. The van der Waals surface area contributed by atoms with E-state index >= 15 is 0 Å². The molecule has 0 bridgehead atoms. The van der Waals surface area contributed by atoms with E-state index < -0.39 is 28.4 Å². The molecule has 0 saturated heterocycles. The smallest absolute Gasteiger partial charge is 0.327 e. The van der Waals surface area contributed by atoms with E-state index in [9.17, 15) is 19.3 Å². The number of halogens is 1. The lowest BCUT2D eigenvalue weighted by molar-refractivity contribution is -0.386. The van der Waals surface area contributed by atoms with Gasteiger partial charge >= 0.3 is 11.7 Å². The highest BCUT2D eigenvalue weighted by Gasteiger charge is 2.26. The fraction of sp³-hybridized carbons (Fsp3) is 0.364. The minimum atomic E-state index is -1.15. The normalized spacial score (nSPS) is 12.2. The molecule has 1 rings (SSSR count). The summed E-state index contributed by atoms with van der Waals surface area (Å²) in [6, 6.07) is 2.49. The number of aliphatic carboxylic acids is 1. The molecule has 0 fully saturated rings. The number of anilines is 1. The molecule has 1 unspecified atom stereocenters. The minimum absolute atomic E-state index is 0.138. The van der Waals surface area contributed by atoms with Crippen LogP contribution in [0.25, 0.3) is 0 Å². The summed E-state index contributed by atoms with van der Waals surface area (Å²) >= 11 is 0. The zero-order chi connectivity index (χ0) is 13.9. The van der Waals surface area contributed by atoms with Gasteiger partial charge in [-0.1, -0.05) is 19.9 Å². The monoisotopic (exact) mass is 256 g/mol. The van der Waals surface area contributed by atoms with E-state index in [1.807, 2.05) is 0 Å². The average molecular weight is 256 g/mol. The fourth-order valence-corrected chi connectivity index (χ4v) is 1.50. The molecular weight excluding hydrogens is 243 g/mol. The van der Waals surface area contributed by atoms with Crippen molar-refractivity contribution in [2.75, 3.05) is 5.32 Å². The summed E-state index contributed by atoms with van der Waals surface area (Å²) in [6.45, 7) is 3.30. The van der Waals surface area contributed by atoms with Gasteiger partial charge in [-0.25, -0.2) is 4.79 Å². The number of carboxylic acids is 1. The summed E-state index contributed by atoms with van der Waals surface area (Å²) in [5.41, 5.74) is -0.884. The van der Waals surface area contributed by atoms with Crippen molar-refractivity contribution in [1.82, 2.24) is 0 Å². The molecule has 0 aliphatic carbocycles. The summed E-state index contributed by atoms with van der Waals surface area (Å²) in [4.78, 5) is 20.8. The lowest BCUT2D eigenvalue weighted by Crippen LogP contribution is -2.34. The Kier molecular flexibility index (Phi) is 4.19. The van der Waals surface area contributed by atoms with Crippen LogP contribution in [-0.2, 0) is 4.79 Å². The van der Waals surface area contributed by atoms with Crippen LogP contribution in [0.1, 0.15) is 13.8 Å². The van der Waals surface area contributed by atoms with Crippen molar-refractivity contribution >= 4 is 17.3 Å². The van der Waals surface area contributed by atoms with Gasteiger partial charge in [-0.3, -0.25) is 10.1 Å². The third-order valence-electron chi connectivity index (χ3n) is 2.41. The second-order valence-electron chi connectivity index (χ2n) is 4.10. The quantitative estimate of drug-likeness (QED) is 0.622. The highest BCUT2D eigenvalue weighted by molar-refractivity contribution is 5.79. The molecule has 0 heterocycles. The van der Waals surface area contributed by atoms with E-state index in [0.29, 0.717) is 0 Å². The Morgan fingerprint density at radius 1 is 1.50 bits per heavy atom. The molecule has 1 atom stereocenters. The first-order valence-corrected chi connectivity index (χ1v) is 5.26. The Labute approximate surface area is 103 Å². The number of hydrogen-bond donors (Lipinski definition) is 2. The van der Waals surface area contributed by atoms with E-state index in [-0.39, 0.29) is 11.6 Å². The number of rotatable bonds is 5.